The summed E-state index contributed by atoms with van der Waals surface area (Å²) in [7, 11) is 0. The summed E-state index contributed by atoms with van der Waals surface area (Å²) < 4.78 is 17.0. The van der Waals surface area contributed by atoms with Gasteiger partial charge in [0, 0.05) is 23.7 Å². The molecule has 1 aliphatic rings. The van der Waals surface area contributed by atoms with Gasteiger partial charge in [-0.3, -0.25) is 4.79 Å². The van der Waals surface area contributed by atoms with Crippen LogP contribution < -0.4 is 19.5 Å². The molecule has 142 valence electrons. The SMILES string of the molecule is O=C(Nc1ccc2c(c1)OCCCO2)c1ccc(OCc2ccccc2)cc1. The summed E-state index contributed by atoms with van der Waals surface area (Å²) in [5.41, 5.74) is 2.32. The lowest BCUT2D eigenvalue weighted by Gasteiger charge is -2.11. The number of hydrogen-bond donors (Lipinski definition) is 1. The third-order valence-electron chi connectivity index (χ3n) is 4.37. The minimum absolute atomic E-state index is 0.191. The Morgan fingerprint density at radius 1 is 0.893 bits per heavy atom. The van der Waals surface area contributed by atoms with Crippen LogP contribution in [-0.2, 0) is 6.61 Å². The first kappa shape index (κ1) is 17.9. The van der Waals surface area contributed by atoms with Gasteiger partial charge in [-0.25, -0.2) is 0 Å². The average molecular weight is 375 g/mol. The normalized spacial score (nSPS) is 12.7. The van der Waals surface area contributed by atoms with E-state index in [4.69, 9.17) is 14.2 Å². The summed E-state index contributed by atoms with van der Waals surface area (Å²) in [4.78, 5) is 12.5. The van der Waals surface area contributed by atoms with E-state index in [2.05, 4.69) is 5.32 Å². The summed E-state index contributed by atoms with van der Waals surface area (Å²) in [6, 6.07) is 22.5. The van der Waals surface area contributed by atoms with Gasteiger partial charge in [-0.05, 0) is 42.0 Å². The molecule has 5 heteroatoms. The van der Waals surface area contributed by atoms with Gasteiger partial charge in [-0.2, -0.15) is 0 Å². The molecule has 0 aromatic heterocycles. The zero-order valence-electron chi connectivity index (χ0n) is 15.4. The monoisotopic (exact) mass is 375 g/mol. The number of hydrogen-bond acceptors (Lipinski definition) is 4. The molecule has 0 bridgehead atoms. The quantitative estimate of drug-likeness (QED) is 0.704. The zero-order chi connectivity index (χ0) is 19.2. The van der Waals surface area contributed by atoms with Gasteiger partial charge in [0.05, 0.1) is 13.2 Å². The fourth-order valence-electron chi connectivity index (χ4n) is 2.89. The lowest BCUT2D eigenvalue weighted by molar-refractivity contribution is 0.102. The van der Waals surface area contributed by atoms with Crippen molar-refractivity contribution in [1.29, 1.82) is 0 Å². The van der Waals surface area contributed by atoms with Crippen LogP contribution in [0.1, 0.15) is 22.3 Å². The van der Waals surface area contributed by atoms with Crippen molar-refractivity contribution < 1.29 is 19.0 Å². The highest BCUT2D eigenvalue weighted by molar-refractivity contribution is 6.04. The molecule has 4 rings (SSSR count). The molecular formula is C23H21NO4. The van der Waals surface area contributed by atoms with Crippen LogP contribution in [0.3, 0.4) is 0 Å². The van der Waals surface area contributed by atoms with Crippen LogP contribution in [0, 0.1) is 0 Å². The lowest BCUT2D eigenvalue weighted by atomic mass is 10.2. The predicted octanol–water partition coefficient (Wildman–Crippen LogP) is 4.68. The molecule has 0 atom stereocenters. The molecule has 0 radical (unpaired) electrons. The minimum atomic E-state index is -0.191. The van der Waals surface area contributed by atoms with Crippen molar-refractivity contribution in [2.45, 2.75) is 13.0 Å². The van der Waals surface area contributed by atoms with Crippen LogP contribution >= 0.6 is 0 Å². The van der Waals surface area contributed by atoms with Crippen LogP contribution in [0.4, 0.5) is 5.69 Å². The first-order valence-corrected chi connectivity index (χ1v) is 9.26. The highest BCUT2D eigenvalue weighted by Crippen LogP contribution is 2.32. The summed E-state index contributed by atoms with van der Waals surface area (Å²) in [6.07, 6.45) is 0.842. The molecule has 0 aliphatic carbocycles. The second kappa shape index (κ2) is 8.48. The van der Waals surface area contributed by atoms with Crippen molar-refractivity contribution in [3.63, 3.8) is 0 Å². The first-order valence-electron chi connectivity index (χ1n) is 9.26. The van der Waals surface area contributed by atoms with Crippen LogP contribution in [0.25, 0.3) is 0 Å². The van der Waals surface area contributed by atoms with E-state index in [0.717, 1.165) is 17.7 Å². The topological polar surface area (TPSA) is 56.8 Å². The number of carbonyl (C=O) groups is 1. The van der Waals surface area contributed by atoms with E-state index >= 15 is 0 Å². The molecule has 0 fully saturated rings. The Labute approximate surface area is 163 Å². The lowest BCUT2D eigenvalue weighted by Crippen LogP contribution is -2.12. The van der Waals surface area contributed by atoms with Crippen molar-refractivity contribution in [1.82, 2.24) is 0 Å². The third kappa shape index (κ3) is 4.43. The Bertz CT molecular complexity index is 939. The number of ether oxygens (including phenoxy) is 3. The van der Waals surface area contributed by atoms with Gasteiger partial charge in [-0.1, -0.05) is 30.3 Å². The van der Waals surface area contributed by atoms with Gasteiger partial charge < -0.3 is 19.5 Å². The van der Waals surface area contributed by atoms with E-state index < -0.39 is 0 Å². The number of fused-ring (bicyclic) bond motifs is 1. The Morgan fingerprint density at radius 3 is 2.43 bits per heavy atom. The van der Waals surface area contributed by atoms with Gasteiger partial charge in [0.25, 0.3) is 5.91 Å². The van der Waals surface area contributed by atoms with Crippen molar-refractivity contribution >= 4 is 11.6 Å². The van der Waals surface area contributed by atoms with Crippen LogP contribution in [-0.4, -0.2) is 19.1 Å². The molecule has 3 aromatic rings. The maximum atomic E-state index is 12.5. The van der Waals surface area contributed by atoms with Gasteiger partial charge in [-0.15, -0.1) is 0 Å². The number of carbonyl (C=O) groups excluding carboxylic acids is 1. The molecule has 0 saturated carbocycles. The molecule has 3 aromatic carbocycles. The Hall–Kier alpha value is -3.47. The molecule has 1 amide bonds. The molecular weight excluding hydrogens is 354 g/mol. The Kier molecular flexibility index (Phi) is 5.43. The predicted molar refractivity (Wildman–Crippen MR) is 107 cm³/mol. The van der Waals surface area contributed by atoms with E-state index in [9.17, 15) is 4.79 Å². The zero-order valence-corrected chi connectivity index (χ0v) is 15.4. The van der Waals surface area contributed by atoms with Crippen LogP contribution in [0.5, 0.6) is 17.2 Å². The van der Waals surface area contributed by atoms with Gasteiger partial charge in [0.2, 0.25) is 0 Å². The van der Waals surface area contributed by atoms with Crippen molar-refractivity contribution in [3.05, 3.63) is 83.9 Å². The average Bonchev–Trinajstić information content (AvgIpc) is 2.98. The molecule has 1 heterocycles. The number of amides is 1. The molecule has 0 unspecified atom stereocenters. The fraction of sp³-hybridized carbons (Fsp3) is 0.174. The van der Waals surface area contributed by atoms with E-state index in [-0.39, 0.29) is 5.91 Å². The molecule has 0 spiro atoms. The maximum Gasteiger partial charge on any atom is 0.255 e. The standard InChI is InChI=1S/C23H21NO4/c25-23(24-19-9-12-21-22(15-19)27-14-4-13-26-21)18-7-10-20(11-8-18)28-16-17-5-2-1-3-6-17/h1-3,5-12,15H,4,13-14,16H2,(H,24,25). The molecule has 1 N–H and O–H groups in total. The van der Waals surface area contributed by atoms with E-state index in [1.54, 1.807) is 30.3 Å². The molecule has 0 saturated heterocycles. The van der Waals surface area contributed by atoms with E-state index in [1.807, 2.05) is 42.5 Å². The number of anilines is 1. The van der Waals surface area contributed by atoms with Gasteiger partial charge in [0.15, 0.2) is 11.5 Å². The smallest absolute Gasteiger partial charge is 0.255 e. The second-order valence-electron chi connectivity index (χ2n) is 6.46. The van der Waals surface area contributed by atoms with Gasteiger partial charge in [0.1, 0.15) is 12.4 Å². The third-order valence-corrected chi connectivity index (χ3v) is 4.37. The Balaban J connectivity index is 1.37. The summed E-state index contributed by atoms with van der Waals surface area (Å²) >= 11 is 0. The maximum absolute atomic E-state index is 12.5. The molecule has 28 heavy (non-hydrogen) atoms. The largest absolute Gasteiger partial charge is 0.490 e. The highest BCUT2D eigenvalue weighted by Gasteiger charge is 2.12. The summed E-state index contributed by atoms with van der Waals surface area (Å²) in [6.45, 7) is 1.73. The van der Waals surface area contributed by atoms with Crippen molar-refractivity contribution in [2.24, 2.45) is 0 Å². The fourth-order valence-corrected chi connectivity index (χ4v) is 2.89. The number of rotatable bonds is 5. The van der Waals surface area contributed by atoms with Crippen molar-refractivity contribution in [2.75, 3.05) is 18.5 Å². The van der Waals surface area contributed by atoms with Crippen LogP contribution in [0.15, 0.2) is 72.8 Å². The summed E-state index contributed by atoms with van der Waals surface area (Å²) in [5, 5.41) is 2.89. The highest BCUT2D eigenvalue weighted by atomic mass is 16.5. The van der Waals surface area contributed by atoms with Crippen LogP contribution in [0.2, 0.25) is 0 Å². The molecule has 5 nitrogen and oxygen atoms in total. The first-order chi connectivity index (χ1) is 13.8. The van der Waals surface area contributed by atoms with Crippen molar-refractivity contribution in [3.8, 4) is 17.2 Å². The second-order valence-corrected chi connectivity index (χ2v) is 6.46. The Morgan fingerprint density at radius 2 is 1.64 bits per heavy atom. The van der Waals surface area contributed by atoms with E-state index in [1.165, 1.54) is 0 Å². The van der Waals surface area contributed by atoms with Gasteiger partial charge >= 0.3 is 0 Å². The summed E-state index contributed by atoms with van der Waals surface area (Å²) in [5.74, 6) is 1.88. The number of benzene rings is 3. The minimum Gasteiger partial charge on any atom is -0.490 e. The molecule has 1 aliphatic heterocycles. The number of nitrogens with one attached hydrogen (secondary N) is 1. The van der Waals surface area contributed by atoms with E-state index in [0.29, 0.717) is 42.6 Å².